The lowest BCUT2D eigenvalue weighted by molar-refractivity contribution is -0.122. The average molecular weight is 322 g/mol. The number of hydrogen-bond acceptors (Lipinski definition) is 4. The topological polar surface area (TPSA) is 73.6 Å². The quantitative estimate of drug-likeness (QED) is 0.694. The maximum atomic E-state index is 12.0. The summed E-state index contributed by atoms with van der Waals surface area (Å²) in [5.74, 6) is 1.74. The molecule has 5 nitrogen and oxygen atoms in total. The van der Waals surface area contributed by atoms with Crippen LogP contribution in [0.3, 0.4) is 0 Å². The van der Waals surface area contributed by atoms with Gasteiger partial charge in [-0.2, -0.15) is 0 Å². The first kappa shape index (κ1) is 19.3. The molecule has 3 N–H and O–H groups in total. The molecule has 0 radical (unpaired) electrons. The molecule has 0 saturated heterocycles. The van der Waals surface area contributed by atoms with Crippen LogP contribution in [0.25, 0.3) is 0 Å². The highest BCUT2D eigenvalue weighted by molar-refractivity contribution is 5.76. The molecular formula is C18H30N2O3. The van der Waals surface area contributed by atoms with Gasteiger partial charge in [-0.25, -0.2) is 0 Å². The summed E-state index contributed by atoms with van der Waals surface area (Å²) >= 11 is 0. The molecule has 0 fully saturated rings. The summed E-state index contributed by atoms with van der Waals surface area (Å²) < 4.78 is 11.3. The monoisotopic (exact) mass is 322 g/mol. The lowest BCUT2D eigenvalue weighted by Gasteiger charge is -2.24. The van der Waals surface area contributed by atoms with Crippen LogP contribution in [-0.4, -0.2) is 25.7 Å². The average Bonchev–Trinajstić information content (AvgIpc) is 2.52. The molecule has 0 bridgehead atoms. The van der Waals surface area contributed by atoms with Crippen molar-refractivity contribution in [1.29, 1.82) is 0 Å². The number of nitrogens with two attached hydrogens (primary N) is 1. The molecule has 1 atom stereocenters. The Labute approximate surface area is 139 Å². The Morgan fingerprint density at radius 2 is 1.83 bits per heavy atom. The van der Waals surface area contributed by atoms with Crippen molar-refractivity contribution >= 4 is 5.91 Å². The first-order valence-electron chi connectivity index (χ1n) is 8.42. The van der Waals surface area contributed by atoms with Crippen LogP contribution < -0.4 is 20.5 Å². The zero-order chi connectivity index (χ0) is 17.2. The van der Waals surface area contributed by atoms with E-state index in [4.69, 9.17) is 15.2 Å². The molecule has 0 aromatic heterocycles. The summed E-state index contributed by atoms with van der Waals surface area (Å²) in [5, 5.41) is 3.10. The van der Waals surface area contributed by atoms with E-state index >= 15 is 0 Å². The molecular weight excluding hydrogens is 292 g/mol. The minimum Gasteiger partial charge on any atom is -0.490 e. The SMILES string of the molecule is CCOc1ccc(C(NC(=O)CCCN)C(C)C)cc1OCC. The van der Waals surface area contributed by atoms with Gasteiger partial charge in [0, 0.05) is 6.42 Å². The molecule has 0 saturated carbocycles. The van der Waals surface area contributed by atoms with E-state index in [1.54, 1.807) is 0 Å². The fourth-order valence-corrected chi connectivity index (χ4v) is 2.40. The summed E-state index contributed by atoms with van der Waals surface area (Å²) in [5.41, 5.74) is 6.49. The Balaban J connectivity index is 2.97. The van der Waals surface area contributed by atoms with Crippen LogP contribution >= 0.6 is 0 Å². The lowest BCUT2D eigenvalue weighted by atomic mass is 9.95. The van der Waals surface area contributed by atoms with Crippen LogP contribution in [0.4, 0.5) is 0 Å². The molecule has 0 heterocycles. The first-order valence-corrected chi connectivity index (χ1v) is 8.42. The number of ether oxygens (including phenoxy) is 2. The van der Waals surface area contributed by atoms with E-state index in [0.717, 1.165) is 11.3 Å². The van der Waals surface area contributed by atoms with Gasteiger partial charge in [0.2, 0.25) is 5.91 Å². The molecule has 1 amide bonds. The van der Waals surface area contributed by atoms with Gasteiger partial charge in [-0.3, -0.25) is 4.79 Å². The fourth-order valence-electron chi connectivity index (χ4n) is 2.40. The van der Waals surface area contributed by atoms with E-state index in [9.17, 15) is 4.79 Å². The Morgan fingerprint density at radius 1 is 1.17 bits per heavy atom. The Morgan fingerprint density at radius 3 is 2.39 bits per heavy atom. The van der Waals surface area contributed by atoms with Gasteiger partial charge in [-0.15, -0.1) is 0 Å². The smallest absolute Gasteiger partial charge is 0.220 e. The molecule has 0 aliphatic carbocycles. The second kappa shape index (κ2) is 10.1. The number of amides is 1. The second-order valence-electron chi connectivity index (χ2n) is 5.75. The van der Waals surface area contributed by atoms with Crippen molar-refractivity contribution in [2.45, 2.75) is 46.6 Å². The van der Waals surface area contributed by atoms with Gasteiger partial charge in [0.25, 0.3) is 0 Å². The standard InChI is InChI=1S/C18H30N2O3/c1-5-22-15-10-9-14(12-16(15)23-6-2)18(13(3)4)20-17(21)8-7-11-19/h9-10,12-13,18H,5-8,11,19H2,1-4H3,(H,20,21). The molecule has 0 aliphatic rings. The van der Waals surface area contributed by atoms with Crippen LogP contribution in [0.15, 0.2) is 18.2 Å². The van der Waals surface area contributed by atoms with Gasteiger partial charge < -0.3 is 20.5 Å². The second-order valence-corrected chi connectivity index (χ2v) is 5.75. The Kier molecular flexibility index (Phi) is 8.48. The van der Waals surface area contributed by atoms with Gasteiger partial charge >= 0.3 is 0 Å². The highest BCUT2D eigenvalue weighted by Crippen LogP contribution is 2.33. The van der Waals surface area contributed by atoms with E-state index in [0.29, 0.717) is 38.3 Å². The zero-order valence-corrected chi connectivity index (χ0v) is 14.7. The van der Waals surface area contributed by atoms with Crippen LogP contribution in [0.2, 0.25) is 0 Å². The molecule has 1 unspecified atom stereocenters. The molecule has 1 rings (SSSR count). The molecule has 130 valence electrons. The fraction of sp³-hybridized carbons (Fsp3) is 0.611. The minimum absolute atomic E-state index is 0.0287. The maximum Gasteiger partial charge on any atom is 0.220 e. The number of hydrogen-bond donors (Lipinski definition) is 2. The van der Waals surface area contributed by atoms with E-state index in [2.05, 4.69) is 19.2 Å². The molecule has 0 spiro atoms. The number of carbonyl (C=O) groups excluding carboxylic acids is 1. The zero-order valence-electron chi connectivity index (χ0n) is 14.7. The number of nitrogens with one attached hydrogen (secondary N) is 1. The summed E-state index contributed by atoms with van der Waals surface area (Å²) in [6.07, 6.45) is 1.15. The van der Waals surface area contributed by atoms with Gasteiger partial charge in [0.05, 0.1) is 19.3 Å². The van der Waals surface area contributed by atoms with Crippen LogP contribution in [0.1, 0.15) is 52.1 Å². The first-order chi connectivity index (χ1) is 11.0. The molecule has 5 heteroatoms. The number of benzene rings is 1. The summed E-state index contributed by atoms with van der Waals surface area (Å²) in [7, 11) is 0. The molecule has 23 heavy (non-hydrogen) atoms. The third-order valence-electron chi connectivity index (χ3n) is 3.52. The van der Waals surface area contributed by atoms with Gasteiger partial charge in [-0.05, 0) is 50.4 Å². The predicted octanol–water partition coefficient (Wildman–Crippen LogP) is 3.04. The number of carbonyl (C=O) groups is 1. The molecule has 1 aromatic carbocycles. The lowest BCUT2D eigenvalue weighted by Crippen LogP contribution is -2.32. The largest absolute Gasteiger partial charge is 0.490 e. The van der Waals surface area contributed by atoms with E-state index in [-0.39, 0.29) is 17.9 Å². The minimum atomic E-state index is -0.0600. The molecule has 1 aromatic rings. The van der Waals surface area contributed by atoms with Crippen molar-refractivity contribution in [2.75, 3.05) is 19.8 Å². The summed E-state index contributed by atoms with van der Waals surface area (Å²) in [4.78, 5) is 12.0. The van der Waals surface area contributed by atoms with Crippen molar-refractivity contribution in [2.24, 2.45) is 11.7 Å². The van der Waals surface area contributed by atoms with Gasteiger partial charge in [-0.1, -0.05) is 19.9 Å². The van der Waals surface area contributed by atoms with Crippen LogP contribution in [0.5, 0.6) is 11.5 Å². The van der Waals surface area contributed by atoms with Gasteiger partial charge in [0.15, 0.2) is 11.5 Å². The van der Waals surface area contributed by atoms with Crippen LogP contribution in [0, 0.1) is 5.92 Å². The normalized spacial score (nSPS) is 12.1. The van der Waals surface area contributed by atoms with Crippen molar-refractivity contribution in [3.8, 4) is 11.5 Å². The Hall–Kier alpha value is -1.75. The van der Waals surface area contributed by atoms with Crippen LogP contribution in [-0.2, 0) is 4.79 Å². The highest BCUT2D eigenvalue weighted by atomic mass is 16.5. The van der Waals surface area contributed by atoms with E-state index < -0.39 is 0 Å². The van der Waals surface area contributed by atoms with E-state index in [1.165, 1.54) is 0 Å². The summed E-state index contributed by atoms with van der Waals surface area (Å²) in [6.45, 7) is 9.74. The highest BCUT2D eigenvalue weighted by Gasteiger charge is 2.20. The molecule has 0 aliphatic heterocycles. The maximum absolute atomic E-state index is 12.0. The van der Waals surface area contributed by atoms with Gasteiger partial charge in [0.1, 0.15) is 0 Å². The van der Waals surface area contributed by atoms with E-state index in [1.807, 2.05) is 32.0 Å². The summed E-state index contributed by atoms with van der Waals surface area (Å²) in [6, 6.07) is 5.80. The number of rotatable bonds is 10. The predicted molar refractivity (Wildman–Crippen MR) is 92.8 cm³/mol. The van der Waals surface area contributed by atoms with Crippen molar-refractivity contribution < 1.29 is 14.3 Å². The Bertz CT molecular complexity index is 489. The van der Waals surface area contributed by atoms with Crippen molar-refractivity contribution in [3.63, 3.8) is 0 Å². The third kappa shape index (κ3) is 6.10. The van der Waals surface area contributed by atoms with Crippen molar-refractivity contribution in [3.05, 3.63) is 23.8 Å². The third-order valence-corrected chi connectivity index (χ3v) is 3.52. The van der Waals surface area contributed by atoms with Crippen molar-refractivity contribution in [1.82, 2.24) is 5.32 Å².